The van der Waals surface area contributed by atoms with Gasteiger partial charge in [-0.15, -0.1) is 0 Å². The van der Waals surface area contributed by atoms with Crippen LogP contribution in [0.1, 0.15) is 58.3 Å². The van der Waals surface area contributed by atoms with E-state index in [2.05, 4.69) is 16.6 Å². The molecule has 4 rings (SSSR count). The number of pyridine rings is 2. The van der Waals surface area contributed by atoms with Crippen molar-refractivity contribution in [2.45, 2.75) is 58.5 Å². The van der Waals surface area contributed by atoms with Crippen LogP contribution < -0.4 is 20.1 Å². The molecule has 1 atom stereocenters. The Morgan fingerprint density at radius 1 is 1.18 bits per heavy atom. The summed E-state index contributed by atoms with van der Waals surface area (Å²) in [7, 11) is -4.31. The van der Waals surface area contributed by atoms with E-state index in [1.54, 1.807) is 12.1 Å². The van der Waals surface area contributed by atoms with Crippen molar-refractivity contribution in [2.24, 2.45) is 11.3 Å². The second-order valence-corrected chi connectivity index (χ2v) is 13.8. The van der Waals surface area contributed by atoms with Gasteiger partial charge in [-0.3, -0.25) is 4.79 Å². The van der Waals surface area contributed by atoms with Crippen molar-refractivity contribution in [2.75, 3.05) is 23.8 Å². The van der Waals surface area contributed by atoms with Gasteiger partial charge >= 0.3 is 0 Å². The molecule has 3 aromatic rings. The largest absolute Gasteiger partial charge is 0.493 e. The third kappa shape index (κ3) is 6.70. The summed E-state index contributed by atoms with van der Waals surface area (Å²) in [4.78, 5) is 24.0. The van der Waals surface area contributed by atoms with Crippen molar-refractivity contribution in [1.82, 2.24) is 14.7 Å². The molecule has 40 heavy (non-hydrogen) atoms. The number of nitrogen functional groups attached to an aromatic ring is 1. The molecule has 1 fully saturated rings. The molecule has 2 aromatic heterocycles. The molecule has 1 saturated heterocycles. The van der Waals surface area contributed by atoms with E-state index in [9.17, 15) is 17.6 Å². The van der Waals surface area contributed by atoms with Crippen LogP contribution >= 0.6 is 0 Å². The number of benzene rings is 1. The molecule has 11 heteroatoms. The van der Waals surface area contributed by atoms with Gasteiger partial charge in [0.2, 0.25) is 0 Å². The lowest BCUT2D eigenvalue weighted by Gasteiger charge is -2.34. The highest BCUT2D eigenvalue weighted by molar-refractivity contribution is 7.90. The number of ether oxygens (including phenoxy) is 1. The number of carbonyl (C=O) groups excluding carboxylic acids is 1. The molecule has 0 spiro atoms. The van der Waals surface area contributed by atoms with Crippen LogP contribution in [-0.4, -0.2) is 43.0 Å². The fourth-order valence-electron chi connectivity index (χ4n) is 4.86. The summed E-state index contributed by atoms with van der Waals surface area (Å²) in [6.45, 7) is 13.2. The fourth-order valence-corrected chi connectivity index (χ4v) is 5.80. The molecule has 1 aromatic carbocycles. The van der Waals surface area contributed by atoms with E-state index >= 15 is 0 Å². The Morgan fingerprint density at radius 3 is 2.52 bits per heavy atom. The zero-order valence-electron chi connectivity index (χ0n) is 23.7. The highest BCUT2D eigenvalue weighted by Gasteiger charge is 2.39. The van der Waals surface area contributed by atoms with Crippen LogP contribution in [-0.2, 0) is 10.0 Å². The second kappa shape index (κ2) is 10.7. The van der Waals surface area contributed by atoms with Gasteiger partial charge < -0.3 is 15.4 Å². The summed E-state index contributed by atoms with van der Waals surface area (Å²) in [5, 5.41) is -0.371. The molecule has 1 aliphatic rings. The molecule has 9 nitrogen and oxygen atoms in total. The Kier molecular flexibility index (Phi) is 7.81. The minimum absolute atomic E-state index is 0.00998. The fraction of sp³-hybridized carbons (Fsp3) is 0.414. The van der Waals surface area contributed by atoms with Crippen LogP contribution in [0.25, 0.3) is 11.3 Å². The van der Waals surface area contributed by atoms with E-state index in [4.69, 9.17) is 15.5 Å². The van der Waals surface area contributed by atoms with Gasteiger partial charge in [-0.2, -0.15) is 8.42 Å². The average molecular weight is 570 g/mol. The molecular weight excluding hydrogens is 533 g/mol. The van der Waals surface area contributed by atoms with Gasteiger partial charge in [-0.1, -0.05) is 33.8 Å². The number of nitrogens with two attached hydrogens (primary N) is 1. The molecule has 0 radical (unpaired) electrons. The van der Waals surface area contributed by atoms with Gasteiger partial charge in [0.1, 0.15) is 23.2 Å². The SMILES string of the molecule is C[C@@H]1CN(c2nc(-c3cc(F)cc(OCC(C)(C)C)c3)ccc2C(=O)NS(=O)(=O)c2cccc(N)n2)C(C)(C)C1. The number of carbonyl (C=O) groups is 1. The molecular formula is C29H36FN5O4S. The number of rotatable bonds is 7. The smallest absolute Gasteiger partial charge is 0.281 e. The maximum atomic E-state index is 14.6. The summed E-state index contributed by atoms with van der Waals surface area (Å²) in [5.74, 6) is -0.351. The number of anilines is 2. The molecule has 0 bridgehead atoms. The third-order valence-corrected chi connectivity index (χ3v) is 7.77. The highest BCUT2D eigenvalue weighted by Crippen LogP contribution is 2.38. The molecule has 3 N–H and O–H groups in total. The minimum Gasteiger partial charge on any atom is -0.493 e. The van der Waals surface area contributed by atoms with Gasteiger partial charge in [0.25, 0.3) is 15.9 Å². The lowest BCUT2D eigenvalue weighted by molar-refractivity contribution is 0.0981. The highest BCUT2D eigenvalue weighted by atomic mass is 32.2. The number of amides is 1. The number of halogens is 1. The zero-order valence-corrected chi connectivity index (χ0v) is 24.5. The summed E-state index contributed by atoms with van der Waals surface area (Å²) >= 11 is 0. The first-order valence-electron chi connectivity index (χ1n) is 13.1. The van der Waals surface area contributed by atoms with Gasteiger partial charge in [-0.05, 0) is 68.0 Å². The summed E-state index contributed by atoms with van der Waals surface area (Å²) < 4.78 is 48.4. The summed E-state index contributed by atoms with van der Waals surface area (Å²) in [5.41, 5.74) is 6.12. The van der Waals surface area contributed by atoms with Gasteiger partial charge in [0.15, 0.2) is 5.03 Å². The quantitative estimate of drug-likeness (QED) is 0.405. The van der Waals surface area contributed by atoms with E-state index < -0.39 is 21.7 Å². The van der Waals surface area contributed by atoms with E-state index in [0.29, 0.717) is 41.9 Å². The Morgan fingerprint density at radius 2 is 1.90 bits per heavy atom. The first-order valence-corrected chi connectivity index (χ1v) is 14.5. The number of nitrogens with one attached hydrogen (secondary N) is 1. The van der Waals surface area contributed by atoms with Crippen LogP contribution in [0.4, 0.5) is 16.0 Å². The normalized spacial score (nSPS) is 17.1. The van der Waals surface area contributed by atoms with E-state index in [1.165, 1.54) is 36.4 Å². The molecule has 0 aliphatic carbocycles. The second-order valence-electron chi connectivity index (χ2n) is 12.2. The molecule has 1 amide bonds. The number of hydrogen-bond donors (Lipinski definition) is 2. The standard InChI is InChI=1S/C29H36FN5O4S/c1-18-15-29(5,6)35(16-18)26-22(27(36)34-40(37,38)25-9-7-8-24(31)33-25)10-11-23(32-26)19-12-20(30)14-21(13-19)39-17-28(2,3)4/h7-14,18H,15-17H2,1-6H3,(H2,31,33)(H,34,36)/t18-/m0/s1. The predicted molar refractivity (Wildman–Crippen MR) is 153 cm³/mol. The van der Waals surface area contributed by atoms with Crippen LogP contribution in [0.5, 0.6) is 5.75 Å². The molecule has 214 valence electrons. The Bertz CT molecular complexity index is 1540. The zero-order chi connectivity index (χ0) is 29.5. The average Bonchev–Trinajstić information content (AvgIpc) is 3.13. The maximum Gasteiger partial charge on any atom is 0.281 e. The van der Waals surface area contributed by atoms with Crippen LogP contribution in [0, 0.1) is 17.2 Å². The lowest BCUT2D eigenvalue weighted by Crippen LogP contribution is -2.41. The van der Waals surface area contributed by atoms with Crippen molar-refractivity contribution < 1.29 is 22.3 Å². The lowest BCUT2D eigenvalue weighted by atomic mass is 9.97. The Balaban J connectivity index is 1.76. The number of sulfonamides is 1. The van der Waals surface area contributed by atoms with Crippen LogP contribution in [0.2, 0.25) is 0 Å². The van der Waals surface area contributed by atoms with Crippen molar-refractivity contribution in [1.29, 1.82) is 0 Å². The van der Waals surface area contributed by atoms with Gasteiger partial charge in [0, 0.05) is 23.7 Å². The number of nitrogens with zero attached hydrogens (tertiary/aromatic N) is 3. The molecule has 0 saturated carbocycles. The van der Waals surface area contributed by atoms with Crippen LogP contribution in [0.3, 0.4) is 0 Å². The topological polar surface area (TPSA) is 128 Å². The number of aromatic nitrogens is 2. The van der Waals surface area contributed by atoms with Gasteiger partial charge in [-0.25, -0.2) is 19.1 Å². The van der Waals surface area contributed by atoms with Crippen molar-refractivity contribution in [3.8, 4) is 17.0 Å². The number of hydrogen-bond acceptors (Lipinski definition) is 8. The third-order valence-electron chi connectivity index (χ3n) is 6.53. The Labute approximate surface area is 235 Å². The monoisotopic (exact) mass is 569 g/mol. The predicted octanol–water partition coefficient (Wildman–Crippen LogP) is 5.03. The first-order chi connectivity index (χ1) is 18.5. The van der Waals surface area contributed by atoms with E-state index in [-0.39, 0.29) is 27.4 Å². The molecule has 1 aliphatic heterocycles. The van der Waals surface area contributed by atoms with Crippen molar-refractivity contribution in [3.63, 3.8) is 0 Å². The summed E-state index contributed by atoms with van der Waals surface area (Å²) in [6.07, 6.45) is 0.843. The maximum absolute atomic E-state index is 14.6. The van der Waals surface area contributed by atoms with Crippen molar-refractivity contribution in [3.05, 3.63) is 59.9 Å². The summed E-state index contributed by atoms with van der Waals surface area (Å²) in [6, 6.07) is 11.6. The van der Waals surface area contributed by atoms with Crippen molar-refractivity contribution >= 4 is 27.6 Å². The first kappa shape index (κ1) is 29.3. The molecule has 3 heterocycles. The minimum atomic E-state index is -4.31. The molecule has 0 unspecified atom stereocenters. The van der Waals surface area contributed by atoms with E-state index in [1.807, 2.05) is 39.5 Å². The van der Waals surface area contributed by atoms with Gasteiger partial charge in [0.05, 0.1) is 17.9 Å². The van der Waals surface area contributed by atoms with E-state index in [0.717, 1.165) is 6.42 Å². The van der Waals surface area contributed by atoms with Crippen LogP contribution in [0.15, 0.2) is 53.6 Å². The Hall–Kier alpha value is -3.73.